The standard InChI is InChI=1S/C19H19N3O4S/c20-15-5-3-12(18-2-1-7-27-18)8-17(15)22-19(25)16-6-4-14(9-21-16)26-11-13(24)10-23/h1-9,13,23-24H,10-11,20H2,(H,22,25)/t13-/m1/s1. The summed E-state index contributed by atoms with van der Waals surface area (Å²) in [4.78, 5) is 17.6. The average molecular weight is 385 g/mol. The molecule has 1 amide bonds. The second kappa shape index (κ2) is 8.63. The molecule has 0 saturated carbocycles. The minimum absolute atomic E-state index is 0.0598. The number of pyridine rings is 1. The Morgan fingerprint density at radius 2 is 2.15 bits per heavy atom. The first-order valence-corrected chi connectivity index (χ1v) is 9.07. The van der Waals surface area contributed by atoms with Gasteiger partial charge in [0.1, 0.15) is 24.2 Å². The molecular weight excluding hydrogens is 366 g/mol. The number of carbonyl (C=O) groups excluding carboxylic acids is 1. The lowest BCUT2D eigenvalue weighted by Crippen LogP contribution is -2.21. The van der Waals surface area contributed by atoms with Gasteiger partial charge in [-0.2, -0.15) is 0 Å². The Hall–Kier alpha value is -2.94. The number of hydrogen-bond donors (Lipinski definition) is 4. The van der Waals surface area contributed by atoms with Crippen molar-refractivity contribution in [3.8, 4) is 16.2 Å². The monoisotopic (exact) mass is 385 g/mol. The number of rotatable bonds is 7. The first-order chi connectivity index (χ1) is 13.1. The van der Waals surface area contributed by atoms with Gasteiger partial charge in [-0.1, -0.05) is 12.1 Å². The van der Waals surface area contributed by atoms with Crippen LogP contribution in [0.1, 0.15) is 10.5 Å². The van der Waals surface area contributed by atoms with E-state index in [-0.39, 0.29) is 18.9 Å². The van der Waals surface area contributed by atoms with Crippen LogP contribution in [0.15, 0.2) is 54.0 Å². The summed E-state index contributed by atoms with van der Waals surface area (Å²) in [6.07, 6.45) is 0.413. The molecule has 5 N–H and O–H groups in total. The van der Waals surface area contributed by atoms with Gasteiger partial charge in [-0.25, -0.2) is 4.98 Å². The lowest BCUT2D eigenvalue weighted by atomic mass is 10.1. The van der Waals surface area contributed by atoms with Crippen molar-refractivity contribution in [2.24, 2.45) is 0 Å². The van der Waals surface area contributed by atoms with Crippen LogP contribution in [0, 0.1) is 0 Å². The van der Waals surface area contributed by atoms with Crippen molar-refractivity contribution < 1.29 is 19.7 Å². The summed E-state index contributed by atoms with van der Waals surface area (Å²) in [7, 11) is 0. The van der Waals surface area contributed by atoms with Crippen LogP contribution < -0.4 is 15.8 Å². The molecule has 0 fully saturated rings. The van der Waals surface area contributed by atoms with Crippen LogP contribution in [0.4, 0.5) is 11.4 Å². The molecule has 0 unspecified atom stereocenters. The zero-order valence-corrected chi connectivity index (χ0v) is 15.1. The molecule has 0 aliphatic heterocycles. The number of ether oxygens (including phenoxy) is 1. The Balaban J connectivity index is 1.69. The Kier molecular flexibility index (Phi) is 6.02. The number of aromatic nitrogens is 1. The minimum Gasteiger partial charge on any atom is -0.489 e. The van der Waals surface area contributed by atoms with Gasteiger partial charge in [0.15, 0.2) is 0 Å². The van der Waals surface area contributed by atoms with E-state index in [9.17, 15) is 9.90 Å². The second-order valence-corrected chi connectivity index (χ2v) is 6.71. The molecule has 0 aliphatic rings. The number of aliphatic hydroxyl groups excluding tert-OH is 2. The van der Waals surface area contributed by atoms with Crippen LogP contribution in [0.2, 0.25) is 0 Å². The lowest BCUT2D eigenvalue weighted by molar-refractivity contribution is 0.0535. The summed E-state index contributed by atoms with van der Waals surface area (Å²) in [5.74, 6) is -0.00905. The van der Waals surface area contributed by atoms with Gasteiger partial charge in [0, 0.05) is 4.88 Å². The molecular formula is C19H19N3O4S. The van der Waals surface area contributed by atoms with Crippen molar-refractivity contribution in [2.45, 2.75) is 6.10 Å². The van der Waals surface area contributed by atoms with Crippen molar-refractivity contribution in [2.75, 3.05) is 24.3 Å². The zero-order valence-electron chi connectivity index (χ0n) is 14.3. The molecule has 1 aromatic carbocycles. The van der Waals surface area contributed by atoms with Gasteiger partial charge in [0.05, 0.1) is 24.2 Å². The van der Waals surface area contributed by atoms with Crippen molar-refractivity contribution in [1.29, 1.82) is 0 Å². The van der Waals surface area contributed by atoms with Crippen molar-refractivity contribution >= 4 is 28.6 Å². The van der Waals surface area contributed by atoms with Gasteiger partial charge in [-0.3, -0.25) is 4.79 Å². The van der Waals surface area contributed by atoms with Crippen LogP contribution in [-0.4, -0.2) is 40.4 Å². The molecule has 0 spiro atoms. The Morgan fingerprint density at radius 3 is 2.81 bits per heavy atom. The van der Waals surface area contributed by atoms with Gasteiger partial charge < -0.3 is 26.0 Å². The molecule has 8 heteroatoms. The molecule has 27 heavy (non-hydrogen) atoms. The minimum atomic E-state index is -0.966. The molecule has 0 saturated heterocycles. The van der Waals surface area contributed by atoms with E-state index in [0.717, 1.165) is 10.4 Å². The molecule has 3 rings (SSSR count). The largest absolute Gasteiger partial charge is 0.489 e. The summed E-state index contributed by atoms with van der Waals surface area (Å²) >= 11 is 1.60. The number of nitrogens with one attached hydrogen (secondary N) is 1. The smallest absolute Gasteiger partial charge is 0.274 e. The third-order valence-corrected chi connectivity index (χ3v) is 4.65. The summed E-state index contributed by atoms with van der Waals surface area (Å²) in [5.41, 5.74) is 8.12. The number of anilines is 2. The summed E-state index contributed by atoms with van der Waals surface area (Å²) in [5, 5.41) is 22.8. The van der Waals surface area contributed by atoms with Crippen molar-refractivity contribution in [1.82, 2.24) is 4.98 Å². The van der Waals surface area contributed by atoms with E-state index in [4.69, 9.17) is 15.6 Å². The van der Waals surface area contributed by atoms with E-state index in [1.165, 1.54) is 12.3 Å². The quantitative estimate of drug-likeness (QED) is 0.464. The Labute approximate surface area is 160 Å². The van der Waals surface area contributed by atoms with Crippen LogP contribution in [0.5, 0.6) is 5.75 Å². The number of amides is 1. The maximum absolute atomic E-state index is 12.4. The molecule has 1 atom stereocenters. The first-order valence-electron chi connectivity index (χ1n) is 8.19. The third kappa shape index (κ3) is 4.82. The molecule has 7 nitrogen and oxygen atoms in total. The fraction of sp³-hybridized carbons (Fsp3) is 0.158. The molecule has 140 valence electrons. The maximum Gasteiger partial charge on any atom is 0.274 e. The molecule has 0 bridgehead atoms. The Morgan fingerprint density at radius 1 is 1.30 bits per heavy atom. The highest BCUT2D eigenvalue weighted by molar-refractivity contribution is 7.13. The lowest BCUT2D eigenvalue weighted by Gasteiger charge is -2.11. The van der Waals surface area contributed by atoms with Gasteiger partial charge in [0.25, 0.3) is 5.91 Å². The van der Waals surface area contributed by atoms with Crippen LogP contribution in [0.25, 0.3) is 10.4 Å². The fourth-order valence-electron chi connectivity index (χ4n) is 2.29. The summed E-state index contributed by atoms with van der Waals surface area (Å²) in [6, 6.07) is 12.5. The highest BCUT2D eigenvalue weighted by atomic mass is 32.1. The predicted molar refractivity (Wildman–Crippen MR) is 105 cm³/mol. The molecule has 2 heterocycles. The van der Waals surface area contributed by atoms with Crippen molar-refractivity contribution in [3.63, 3.8) is 0 Å². The maximum atomic E-state index is 12.4. The number of hydrogen-bond acceptors (Lipinski definition) is 7. The molecule has 2 aromatic heterocycles. The SMILES string of the molecule is Nc1ccc(-c2cccs2)cc1NC(=O)c1ccc(OC[C@H](O)CO)cn1. The first kappa shape index (κ1) is 18.8. The van der Waals surface area contributed by atoms with Gasteiger partial charge >= 0.3 is 0 Å². The van der Waals surface area contributed by atoms with E-state index >= 15 is 0 Å². The van der Waals surface area contributed by atoms with Gasteiger partial charge in [-0.05, 0) is 41.3 Å². The highest BCUT2D eigenvalue weighted by Gasteiger charge is 2.12. The normalized spacial score (nSPS) is 11.8. The van der Waals surface area contributed by atoms with Crippen LogP contribution >= 0.6 is 11.3 Å². The Bertz CT molecular complexity index is 898. The topological polar surface area (TPSA) is 118 Å². The van der Waals surface area contributed by atoms with E-state index in [2.05, 4.69) is 10.3 Å². The van der Waals surface area contributed by atoms with Crippen LogP contribution in [0.3, 0.4) is 0 Å². The molecule has 0 radical (unpaired) electrons. The fourth-order valence-corrected chi connectivity index (χ4v) is 3.02. The van der Waals surface area contributed by atoms with Gasteiger partial charge in [-0.15, -0.1) is 11.3 Å². The predicted octanol–water partition coefficient (Wildman–Crippen LogP) is 2.38. The second-order valence-electron chi connectivity index (χ2n) is 5.76. The van der Waals surface area contributed by atoms with Gasteiger partial charge in [0.2, 0.25) is 0 Å². The number of aliphatic hydroxyl groups is 2. The van der Waals surface area contributed by atoms with E-state index < -0.39 is 12.0 Å². The molecule has 3 aromatic rings. The van der Waals surface area contributed by atoms with E-state index in [0.29, 0.717) is 17.1 Å². The number of nitrogens with two attached hydrogens (primary N) is 1. The van der Waals surface area contributed by atoms with Crippen molar-refractivity contribution in [3.05, 3.63) is 59.7 Å². The van der Waals surface area contributed by atoms with E-state index in [1.807, 2.05) is 29.6 Å². The summed E-state index contributed by atoms with van der Waals surface area (Å²) in [6.45, 7) is -0.449. The third-order valence-electron chi connectivity index (χ3n) is 3.73. The molecule has 0 aliphatic carbocycles. The zero-order chi connectivity index (χ0) is 19.2. The highest BCUT2D eigenvalue weighted by Crippen LogP contribution is 2.30. The number of nitrogen functional groups attached to an aromatic ring is 1. The number of thiophene rings is 1. The average Bonchev–Trinajstić information content (AvgIpc) is 3.23. The summed E-state index contributed by atoms with van der Waals surface area (Å²) < 4.78 is 5.26. The number of carbonyl (C=O) groups is 1. The number of nitrogens with zero attached hydrogens (tertiary/aromatic N) is 1. The number of benzene rings is 1. The van der Waals surface area contributed by atoms with E-state index in [1.54, 1.807) is 23.5 Å². The van der Waals surface area contributed by atoms with Crippen LogP contribution in [-0.2, 0) is 0 Å².